The van der Waals surface area contributed by atoms with E-state index in [9.17, 15) is 9.90 Å². The highest BCUT2D eigenvalue weighted by atomic mass is 79.9. The van der Waals surface area contributed by atoms with Crippen LogP contribution in [0.2, 0.25) is 0 Å². The van der Waals surface area contributed by atoms with Crippen LogP contribution in [-0.4, -0.2) is 23.6 Å². The van der Waals surface area contributed by atoms with E-state index >= 15 is 0 Å². The maximum absolute atomic E-state index is 13.4. The Balaban J connectivity index is 2.17. The van der Waals surface area contributed by atoms with Gasteiger partial charge in [0, 0.05) is 34.9 Å². The topological polar surface area (TPSA) is 58.0 Å². The predicted octanol–water partition coefficient (Wildman–Crippen LogP) is 3.19. The van der Waals surface area contributed by atoms with Crippen molar-refractivity contribution in [2.45, 2.75) is 0 Å². The lowest BCUT2D eigenvalue weighted by Gasteiger charge is -2.34. The average molecular weight is 422 g/mol. The van der Waals surface area contributed by atoms with Crippen LogP contribution >= 0.6 is 15.9 Å². The third-order valence-corrected chi connectivity index (χ3v) is 5.76. The molecular formula is C21H16BrN3O2. The van der Waals surface area contributed by atoms with E-state index in [2.05, 4.69) is 15.9 Å². The molecule has 2 aromatic rings. The molecule has 0 unspecified atom stereocenters. The van der Waals surface area contributed by atoms with E-state index in [1.807, 2.05) is 62.4 Å². The van der Waals surface area contributed by atoms with Crippen molar-refractivity contribution in [3.8, 4) is 11.1 Å². The number of aryl methyl sites for hydroxylation is 1. The van der Waals surface area contributed by atoms with Gasteiger partial charge in [0.2, 0.25) is 5.43 Å². The van der Waals surface area contributed by atoms with Crippen LogP contribution in [-0.2, 0) is 7.05 Å². The Hall–Kier alpha value is -2.70. The molecular weight excluding hydrogens is 406 g/mol. The second-order valence-corrected chi connectivity index (χ2v) is 8.44. The smallest absolute Gasteiger partial charge is 0.249 e. The zero-order valence-electron chi connectivity index (χ0n) is 15.1. The Kier molecular flexibility index (Phi) is 3.16. The monoisotopic (exact) mass is 421 g/mol. The fourth-order valence-corrected chi connectivity index (χ4v) is 4.47. The highest BCUT2D eigenvalue weighted by molar-refractivity contribution is 9.10. The summed E-state index contributed by atoms with van der Waals surface area (Å²) in [5.74, 6) is -0.0764. The summed E-state index contributed by atoms with van der Waals surface area (Å²) in [4.78, 5) is 18.3. The highest BCUT2D eigenvalue weighted by Gasteiger charge is 2.34. The largest absolute Gasteiger partial charge is 0.868 e. The molecule has 3 aliphatic rings. The standard InChI is InChI=1S/C21H16BrN3O2/c1-24-7-6-12-14(9-24)21(27)20-18-17(16(26)10-25(20,2)3)13-5-4-11(22)8-15(13)23-19(12)18/h4-10H,1-3H3. The molecule has 1 aliphatic carbocycles. The summed E-state index contributed by atoms with van der Waals surface area (Å²) < 4.78 is 2.87. The summed E-state index contributed by atoms with van der Waals surface area (Å²) in [6, 6.07) is 7.60. The van der Waals surface area contributed by atoms with Crippen LogP contribution in [0.1, 0.15) is 5.56 Å². The third kappa shape index (κ3) is 2.14. The molecule has 0 amide bonds. The van der Waals surface area contributed by atoms with Gasteiger partial charge in [0.1, 0.15) is 0 Å². The first-order valence-corrected chi connectivity index (χ1v) is 9.36. The second kappa shape index (κ2) is 5.18. The number of fused-ring (bicyclic) bond motifs is 4. The first kappa shape index (κ1) is 16.5. The van der Waals surface area contributed by atoms with Crippen LogP contribution in [0.15, 0.2) is 52.1 Å². The molecule has 5 rings (SSSR count). The maximum atomic E-state index is 13.4. The van der Waals surface area contributed by atoms with E-state index in [1.165, 1.54) is 0 Å². The lowest BCUT2D eigenvalue weighted by Crippen LogP contribution is -2.42. The van der Waals surface area contributed by atoms with Gasteiger partial charge in [-0.3, -0.25) is 9.28 Å². The van der Waals surface area contributed by atoms with Gasteiger partial charge >= 0.3 is 0 Å². The van der Waals surface area contributed by atoms with Gasteiger partial charge in [0.05, 0.1) is 42.3 Å². The van der Waals surface area contributed by atoms with Gasteiger partial charge in [-0.05, 0) is 29.5 Å². The fourth-order valence-electron chi connectivity index (χ4n) is 4.12. The average Bonchev–Trinajstić information content (AvgIpc) is 2.59. The summed E-state index contributed by atoms with van der Waals surface area (Å²) in [6.07, 6.45) is 5.33. The number of benzene rings is 2. The van der Waals surface area contributed by atoms with Crippen LogP contribution in [0, 0.1) is 0 Å². The molecule has 0 saturated heterocycles. The lowest BCUT2D eigenvalue weighted by atomic mass is 9.90. The minimum atomic E-state index is -0.0764. The van der Waals surface area contributed by atoms with Gasteiger partial charge in [-0.15, -0.1) is 0 Å². The molecule has 134 valence electrons. The molecule has 2 aliphatic heterocycles. The Labute approximate surface area is 163 Å². The van der Waals surface area contributed by atoms with Gasteiger partial charge in [-0.2, -0.15) is 0 Å². The molecule has 0 fully saturated rings. The predicted molar refractivity (Wildman–Crippen MR) is 110 cm³/mol. The SMILES string of the molecule is Cn1ccc2c3nc4cc(Br)ccc4c4c3c(c(=O)c-2c1)[N+](C)(C)C=C4[O-]. The van der Waals surface area contributed by atoms with E-state index in [0.717, 1.165) is 20.9 Å². The van der Waals surface area contributed by atoms with Gasteiger partial charge in [-0.25, -0.2) is 4.98 Å². The number of hydrogen-bond acceptors (Lipinski definition) is 3. The molecule has 0 saturated carbocycles. The molecule has 0 atom stereocenters. The van der Waals surface area contributed by atoms with Crippen LogP contribution < -0.4 is 15.0 Å². The van der Waals surface area contributed by atoms with E-state index in [4.69, 9.17) is 4.98 Å². The van der Waals surface area contributed by atoms with Crippen molar-refractivity contribution in [1.29, 1.82) is 0 Å². The number of rotatable bonds is 0. The molecule has 0 radical (unpaired) electrons. The molecule has 0 spiro atoms. The Morgan fingerprint density at radius 2 is 1.96 bits per heavy atom. The Bertz CT molecular complexity index is 1350. The Morgan fingerprint density at radius 3 is 2.74 bits per heavy atom. The number of nitrogens with zero attached hydrogens (tertiary/aromatic N) is 3. The van der Waals surface area contributed by atoms with E-state index in [1.54, 1.807) is 6.20 Å². The van der Waals surface area contributed by atoms with Crippen LogP contribution in [0.4, 0.5) is 5.69 Å². The molecule has 0 N–H and O–H groups in total. The number of hydrogen-bond donors (Lipinski definition) is 0. The molecule has 0 bridgehead atoms. The van der Waals surface area contributed by atoms with Crippen molar-refractivity contribution in [2.75, 3.05) is 14.1 Å². The van der Waals surface area contributed by atoms with Gasteiger partial charge in [0.25, 0.3) is 0 Å². The number of halogens is 1. The van der Waals surface area contributed by atoms with Gasteiger partial charge in [0.15, 0.2) is 5.69 Å². The first-order valence-electron chi connectivity index (χ1n) is 8.57. The normalized spacial score (nSPS) is 15.5. The molecule has 27 heavy (non-hydrogen) atoms. The quantitative estimate of drug-likeness (QED) is 0.249. The first-order chi connectivity index (χ1) is 12.8. The van der Waals surface area contributed by atoms with Crippen LogP contribution in [0.25, 0.3) is 38.7 Å². The zero-order chi connectivity index (χ0) is 19.1. The second-order valence-electron chi connectivity index (χ2n) is 7.52. The molecule has 6 heteroatoms. The molecule has 1 aromatic carbocycles. The fraction of sp³-hybridized carbons (Fsp3) is 0.143. The maximum Gasteiger partial charge on any atom is 0.249 e. The summed E-state index contributed by atoms with van der Waals surface area (Å²) in [5, 5.41) is 14.5. The summed E-state index contributed by atoms with van der Waals surface area (Å²) in [5.41, 5.74) is 3.94. The summed E-state index contributed by atoms with van der Waals surface area (Å²) in [6.45, 7) is 0. The van der Waals surface area contributed by atoms with Crippen molar-refractivity contribution < 1.29 is 5.11 Å². The van der Waals surface area contributed by atoms with E-state index < -0.39 is 0 Å². The molecule has 3 heterocycles. The minimum absolute atomic E-state index is 0.0537. The number of aromatic nitrogens is 2. The van der Waals surface area contributed by atoms with Crippen molar-refractivity contribution in [2.24, 2.45) is 7.05 Å². The summed E-state index contributed by atoms with van der Waals surface area (Å²) >= 11 is 3.49. The zero-order valence-corrected chi connectivity index (χ0v) is 16.7. The van der Waals surface area contributed by atoms with Crippen LogP contribution in [0.5, 0.6) is 0 Å². The lowest BCUT2D eigenvalue weighted by molar-refractivity contribution is -0.244. The van der Waals surface area contributed by atoms with Gasteiger partial charge < -0.3 is 9.67 Å². The molecule has 1 aromatic heterocycles. The Morgan fingerprint density at radius 1 is 1.19 bits per heavy atom. The highest BCUT2D eigenvalue weighted by Crippen LogP contribution is 2.43. The van der Waals surface area contributed by atoms with Crippen molar-refractivity contribution in [3.05, 3.63) is 63.1 Å². The van der Waals surface area contributed by atoms with E-state index in [0.29, 0.717) is 27.7 Å². The number of quaternary nitrogens is 1. The minimum Gasteiger partial charge on any atom is -0.868 e. The van der Waals surface area contributed by atoms with Crippen molar-refractivity contribution in [3.63, 3.8) is 0 Å². The number of pyridine rings is 2. The van der Waals surface area contributed by atoms with Gasteiger partial charge in [-0.1, -0.05) is 22.0 Å². The summed E-state index contributed by atoms with van der Waals surface area (Å²) in [7, 11) is 5.61. The van der Waals surface area contributed by atoms with Crippen molar-refractivity contribution in [1.82, 2.24) is 14.0 Å². The van der Waals surface area contributed by atoms with Crippen molar-refractivity contribution >= 4 is 49.2 Å². The van der Waals surface area contributed by atoms with E-state index in [-0.39, 0.29) is 15.7 Å². The van der Waals surface area contributed by atoms with Crippen LogP contribution in [0.3, 0.4) is 0 Å². The molecule has 5 nitrogen and oxygen atoms in total. The third-order valence-electron chi connectivity index (χ3n) is 5.26.